The Kier molecular flexibility index (Phi) is 4.87. The molecule has 0 amide bonds. The molecule has 0 aliphatic heterocycles. The molecule has 0 fully saturated rings. The number of benzene rings is 1. The normalized spacial score (nSPS) is 11.7. The van der Waals surface area contributed by atoms with Crippen molar-refractivity contribution in [2.45, 2.75) is 26.0 Å². The van der Waals surface area contributed by atoms with Crippen molar-refractivity contribution in [2.24, 2.45) is 0 Å². The van der Waals surface area contributed by atoms with Gasteiger partial charge in [-0.1, -0.05) is 12.1 Å². The molecular formula is C14H21NO3. The minimum atomic E-state index is -0.727. The molecule has 0 spiro atoms. The first-order valence-corrected chi connectivity index (χ1v) is 5.90. The summed E-state index contributed by atoms with van der Waals surface area (Å²) in [4.78, 5) is 13.4. The largest absolute Gasteiger partial charge is 0.465 e. The van der Waals surface area contributed by atoms with Crippen LogP contribution >= 0.6 is 0 Å². The molecule has 18 heavy (non-hydrogen) atoms. The Morgan fingerprint density at radius 3 is 2.67 bits per heavy atom. The van der Waals surface area contributed by atoms with E-state index in [4.69, 9.17) is 0 Å². The molecule has 1 aromatic rings. The first-order chi connectivity index (χ1) is 8.31. The van der Waals surface area contributed by atoms with Gasteiger partial charge in [-0.25, -0.2) is 4.79 Å². The van der Waals surface area contributed by atoms with Crippen LogP contribution in [0.4, 0.5) is 0 Å². The monoisotopic (exact) mass is 251 g/mol. The van der Waals surface area contributed by atoms with Gasteiger partial charge in [0.2, 0.25) is 0 Å². The van der Waals surface area contributed by atoms with Gasteiger partial charge in [0.25, 0.3) is 0 Å². The predicted octanol–water partition coefficient (Wildman–Crippen LogP) is 1.68. The van der Waals surface area contributed by atoms with Crippen LogP contribution in [0.15, 0.2) is 24.3 Å². The summed E-state index contributed by atoms with van der Waals surface area (Å²) in [6, 6.07) is 7.32. The lowest BCUT2D eigenvalue weighted by molar-refractivity contribution is 0.0423. The number of carbonyl (C=O) groups is 1. The molecule has 4 heteroatoms. The van der Waals surface area contributed by atoms with Crippen LogP contribution < -0.4 is 0 Å². The van der Waals surface area contributed by atoms with Crippen LogP contribution in [0, 0.1) is 0 Å². The van der Waals surface area contributed by atoms with Crippen molar-refractivity contribution in [3.63, 3.8) is 0 Å². The third kappa shape index (κ3) is 4.85. The Labute approximate surface area is 108 Å². The summed E-state index contributed by atoms with van der Waals surface area (Å²) < 4.78 is 4.68. The van der Waals surface area contributed by atoms with Crippen molar-refractivity contribution in [3.8, 4) is 0 Å². The summed E-state index contributed by atoms with van der Waals surface area (Å²) in [5.41, 5.74) is 0.839. The van der Waals surface area contributed by atoms with E-state index in [1.165, 1.54) is 7.11 Å². The number of ether oxygens (including phenoxy) is 1. The van der Waals surface area contributed by atoms with E-state index in [9.17, 15) is 9.90 Å². The smallest absolute Gasteiger partial charge is 0.337 e. The number of likely N-dealkylation sites (N-methyl/N-ethyl adjacent to an activating group) is 1. The Morgan fingerprint density at radius 1 is 1.44 bits per heavy atom. The van der Waals surface area contributed by atoms with E-state index in [-0.39, 0.29) is 5.97 Å². The van der Waals surface area contributed by atoms with Crippen molar-refractivity contribution in [2.75, 3.05) is 20.7 Å². The number of hydrogen-bond donors (Lipinski definition) is 1. The van der Waals surface area contributed by atoms with E-state index in [0.29, 0.717) is 18.7 Å². The van der Waals surface area contributed by atoms with Gasteiger partial charge < -0.3 is 9.84 Å². The van der Waals surface area contributed by atoms with Gasteiger partial charge in [-0.05, 0) is 38.6 Å². The average Bonchev–Trinajstić information content (AvgIpc) is 2.25. The van der Waals surface area contributed by atoms with Gasteiger partial charge in [0.1, 0.15) is 0 Å². The summed E-state index contributed by atoms with van der Waals surface area (Å²) >= 11 is 0. The van der Waals surface area contributed by atoms with Gasteiger partial charge in [-0.15, -0.1) is 0 Å². The lowest BCUT2D eigenvalue weighted by Crippen LogP contribution is -2.35. The highest BCUT2D eigenvalue weighted by Gasteiger charge is 2.16. The maximum Gasteiger partial charge on any atom is 0.337 e. The number of hydrogen-bond acceptors (Lipinski definition) is 4. The molecule has 1 aromatic carbocycles. The van der Waals surface area contributed by atoms with Gasteiger partial charge >= 0.3 is 5.97 Å². The second kappa shape index (κ2) is 5.98. The molecule has 100 valence electrons. The molecule has 0 bridgehead atoms. The van der Waals surface area contributed by atoms with Crippen molar-refractivity contribution in [3.05, 3.63) is 35.4 Å². The van der Waals surface area contributed by atoms with E-state index in [1.54, 1.807) is 19.9 Å². The zero-order valence-electron chi connectivity index (χ0n) is 11.4. The van der Waals surface area contributed by atoms with E-state index in [1.807, 2.05) is 30.1 Å². The van der Waals surface area contributed by atoms with Gasteiger partial charge in [0.05, 0.1) is 18.3 Å². The highest BCUT2D eigenvalue weighted by atomic mass is 16.5. The predicted molar refractivity (Wildman–Crippen MR) is 70.4 cm³/mol. The summed E-state index contributed by atoms with van der Waals surface area (Å²) in [6.45, 7) is 4.78. The zero-order valence-corrected chi connectivity index (χ0v) is 11.4. The van der Waals surface area contributed by atoms with E-state index >= 15 is 0 Å². The SMILES string of the molecule is COC(=O)c1cccc(CN(C)CC(C)(C)O)c1. The quantitative estimate of drug-likeness (QED) is 0.809. The van der Waals surface area contributed by atoms with Gasteiger partial charge in [-0.2, -0.15) is 0 Å². The highest BCUT2D eigenvalue weighted by Crippen LogP contribution is 2.11. The highest BCUT2D eigenvalue weighted by molar-refractivity contribution is 5.89. The fraction of sp³-hybridized carbons (Fsp3) is 0.500. The Bertz CT molecular complexity index is 410. The van der Waals surface area contributed by atoms with Crippen LogP contribution in [0.1, 0.15) is 29.8 Å². The maximum absolute atomic E-state index is 11.4. The summed E-state index contributed by atoms with van der Waals surface area (Å²) in [6.07, 6.45) is 0. The standard InChI is InChI=1S/C14H21NO3/c1-14(2,17)10-15(3)9-11-6-5-7-12(8-11)13(16)18-4/h5-8,17H,9-10H2,1-4H3. The van der Waals surface area contributed by atoms with Gasteiger partial charge in [-0.3, -0.25) is 4.90 Å². The fourth-order valence-corrected chi connectivity index (χ4v) is 1.94. The number of aliphatic hydroxyl groups is 1. The van der Waals surface area contributed by atoms with E-state index < -0.39 is 5.60 Å². The molecule has 0 aliphatic carbocycles. The number of rotatable bonds is 5. The van der Waals surface area contributed by atoms with E-state index in [0.717, 1.165) is 5.56 Å². The van der Waals surface area contributed by atoms with Gasteiger partial charge in [0, 0.05) is 13.1 Å². The lowest BCUT2D eigenvalue weighted by Gasteiger charge is -2.25. The van der Waals surface area contributed by atoms with Crippen LogP contribution in [-0.2, 0) is 11.3 Å². The molecule has 0 aromatic heterocycles. The van der Waals surface area contributed by atoms with Crippen molar-refractivity contribution in [1.29, 1.82) is 0 Å². The van der Waals surface area contributed by atoms with Crippen LogP contribution in [0.5, 0.6) is 0 Å². The molecule has 0 aliphatic rings. The molecule has 0 heterocycles. The Morgan fingerprint density at radius 2 is 2.11 bits per heavy atom. The van der Waals surface area contributed by atoms with Crippen molar-refractivity contribution in [1.82, 2.24) is 4.90 Å². The third-order valence-electron chi connectivity index (χ3n) is 2.46. The maximum atomic E-state index is 11.4. The topological polar surface area (TPSA) is 49.8 Å². The summed E-state index contributed by atoms with van der Waals surface area (Å²) in [5, 5.41) is 9.73. The minimum Gasteiger partial charge on any atom is -0.465 e. The molecule has 0 saturated carbocycles. The summed E-state index contributed by atoms with van der Waals surface area (Å²) in [7, 11) is 3.30. The molecule has 0 atom stereocenters. The van der Waals surface area contributed by atoms with E-state index in [2.05, 4.69) is 4.74 Å². The zero-order chi connectivity index (χ0) is 13.8. The average molecular weight is 251 g/mol. The Balaban J connectivity index is 2.70. The minimum absolute atomic E-state index is 0.331. The third-order valence-corrected chi connectivity index (χ3v) is 2.46. The van der Waals surface area contributed by atoms with Gasteiger partial charge in [0.15, 0.2) is 0 Å². The van der Waals surface area contributed by atoms with Crippen molar-refractivity contribution < 1.29 is 14.6 Å². The molecule has 0 unspecified atom stereocenters. The first-order valence-electron chi connectivity index (χ1n) is 5.90. The van der Waals surface area contributed by atoms with Crippen LogP contribution in [-0.4, -0.2) is 42.3 Å². The van der Waals surface area contributed by atoms with Crippen molar-refractivity contribution >= 4 is 5.97 Å². The fourth-order valence-electron chi connectivity index (χ4n) is 1.94. The second-order valence-electron chi connectivity index (χ2n) is 5.18. The molecule has 1 N–H and O–H groups in total. The lowest BCUT2D eigenvalue weighted by atomic mass is 10.1. The van der Waals surface area contributed by atoms with Crippen LogP contribution in [0.25, 0.3) is 0 Å². The number of nitrogens with zero attached hydrogens (tertiary/aromatic N) is 1. The molecular weight excluding hydrogens is 230 g/mol. The number of esters is 1. The molecule has 0 saturated heterocycles. The second-order valence-corrected chi connectivity index (χ2v) is 5.18. The number of methoxy groups -OCH3 is 1. The molecule has 1 rings (SSSR count). The van der Waals surface area contributed by atoms with Crippen LogP contribution in [0.2, 0.25) is 0 Å². The Hall–Kier alpha value is -1.39. The summed E-state index contributed by atoms with van der Waals surface area (Å²) in [5.74, 6) is -0.331. The van der Waals surface area contributed by atoms with Crippen LogP contribution in [0.3, 0.4) is 0 Å². The molecule has 4 nitrogen and oxygen atoms in total. The molecule has 0 radical (unpaired) electrons. The first kappa shape index (κ1) is 14.7. The number of carbonyl (C=O) groups excluding carboxylic acids is 1.